The molecule has 0 spiro atoms. The van der Waals surface area contributed by atoms with Crippen LogP contribution in [-0.2, 0) is 19.4 Å². The maximum Gasteiger partial charge on any atom is 0.251 e. The summed E-state index contributed by atoms with van der Waals surface area (Å²) in [5, 5.41) is 6.51. The first kappa shape index (κ1) is 18.1. The molecule has 142 valence electrons. The van der Waals surface area contributed by atoms with Crippen LogP contribution in [0.25, 0.3) is 0 Å². The Morgan fingerprint density at radius 3 is 2.85 bits per heavy atom. The number of carbonyl (C=O) groups is 1. The third kappa shape index (κ3) is 4.33. The summed E-state index contributed by atoms with van der Waals surface area (Å²) in [6.07, 6.45) is 4.54. The van der Waals surface area contributed by atoms with Gasteiger partial charge in [0.15, 0.2) is 0 Å². The van der Waals surface area contributed by atoms with Crippen molar-refractivity contribution in [2.75, 3.05) is 13.1 Å². The number of rotatable bonds is 5. The van der Waals surface area contributed by atoms with E-state index in [4.69, 9.17) is 4.74 Å². The lowest BCUT2D eigenvalue weighted by Crippen LogP contribution is -2.29. The highest BCUT2D eigenvalue weighted by atomic mass is 16.5. The normalized spacial score (nSPS) is 19.4. The van der Waals surface area contributed by atoms with E-state index in [-0.39, 0.29) is 12.0 Å². The van der Waals surface area contributed by atoms with Crippen LogP contribution in [0.5, 0.6) is 5.75 Å². The highest BCUT2D eigenvalue weighted by Gasteiger charge is 2.20. The van der Waals surface area contributed by atoms with Gasteiger partial charge in [-0.15, -0.1) is 0 Å². The largest absolute Gasteiger partial charge is 0.490 e. The van der Waals surface area contributed by atoms with E-state index in [1.165, 1.54) is 18.4 Å². The van der Waals surface area contributed by atoms with E-state index in [9.17, 15) is 4.79 Å². The smallest absolute Gasteiger partial charge is 0.251 e. The van der Waals surface area contributed by atoms with Gasteiger partial charge in [-0.05, 0) is 74.0 Å². The summed E-state index contributed by atoms with van der Waals surface area (Å²) in [5.41, 5.74) is 4.34. The molecular weight excluding hydrogens is 336 g/mol. The number of amides is 1. The third-order valence-electron chi connectivity index (χ3n) is 5.64. The number of piperidine rings is 1. The molecule has 2 aromatic carbocycles. The van der Waals surface area contributed by atoms with Gasteiger partial charge in [0.25, 0.3) is 5.91 Å². The van der Waals surface area contributed by atoms with Crippen molar-refractivity contribution in [3.63, 3.8) is 0 Å². The summed E-state index contributed by atoms with van der Waals surface area (Å²) in [4.78, 5) is 12.8. The average molecular weight is 364 g/mol. The molecule has 27 heavy (non-hydrogen) atoms. The van der Waals surface area contributed by atoms with Gasteiger partial charge in [-0.2, -0.15) is 0 Å². The molecule has 2 aliphatic heterocycles. The first-order valence-electron chi connectivity index (χ1n) is 10.0. The van der Waals surface area contributed by atoms with E-state index in [0.29, 0.717) is 12.5 Å². The van der Waals surface area contributed by atoms with Crippen LogP contribution in [0.3, 0.4) is 0 Å². The van der Waals surface area contributed by atoms with Crippen LogP contribution < -0.4 is 15.4 Å². The van der Waals surface area contributed by atoms with Crippen molar-refractivity contribution in [2.45, 2.75) is 45.3 Å². The zero-order valence-electron chi connectivity index (χ0n) is 16.0. The van der Waals surface area contributed by atoms with E-state index >= 15 is 0 Å². The molecule has 2 aliphatic rings. The van der Waals surface area contributed by atoms with Crippen molar-refractivity contribution >= 4 is 5.91 Å². The van der Waals surface area contributed by atoms with E-state index in [1.54, 1.807) is 0 Å². The van der Waals surface area contributed by atoms with Gasteiger partial charge in [0.05, 0.1) is 0 Å². The van der Waals surface area contributed by atoms with Gasteiger partial charge in [-0.3, -0.25) is 4.79 Å². The van der Waals surface area contributed by atoms with E-state index in [2.05, 4.69) is 29.7 Å². The second-order valence-electron chi connectivity index (χ2n) is 7.81. The lowest BCUT2D eigenvalue weighted by atomic mass is 9.89. The minimum absolute atomic E-state index is 0.0182. The summed E-state index contributed by atoms with van der Waals surface area (Å²) in [6.45, 7) is 4.79. The Morgan fingerprint density at radius 2 is 2.00 bits per heavy atom. The fourth-order valence-corrected chi connectivity index (χ4v) is 4.18. The molecule has 2 aromatic rings. The van der Waals surface area contributed by atoms with Gasteiger partial charge in [0.1, 0.15) is 11.9 Å². The van der Waals surface area contributed by atoms with Crippen molar-refractivity contribution in [1.82, 2.24) is 10.6 Å². The molecule has 2 heterocycles. The van der Waals surface area contributed by atoms with Crippen LogP contribution in [0.15, 0.2) is 42.5 Å². The lowest BCUT2D eigenvalue weighted by molar-refractivity contribution is 0.0949. The van der Waals surface area contributed by atoms with Crippen LogP contribution in [0.2, 0.25) is 0 Å². The van der Waals surface area contributed by atoms with E-state index in [1.807, 2.05) is 30.3 Å². The topological polar surface area (TPSA) is 50.4 Å². The number of ether oxygens (including phenoxy) is 1. The second kappa shape index (κ2) is 8.13. The monoisotopic (exact) mass is 364 g/mol. The molecule has 1 amide bonds. The predicted molar refractivity (Wildman–Crippen MR) is 107 cm³/mol. The summed E-state index contributed by atoms with van der Waals surface area (Å²) in [5.74, 6) is 1.66. The molecule has 4 heteroatoms. The Balaban J connectivity index is 1.40. The molecular formula is C23H28N2O2. The minimum Gasteiger partial charge on any atom is -0.490 e. The number of hydrogen-bond acceptors (Lipinski definition) is 3. The van der Waals surface area contributed by atoms with Gasteiger partial charge in [0.2, 0.25) is 0 Å². The van der Waals surface area contributed by atoms with Crippen molar-refractivity contribution < 1.29 is 9.53 Å². The highest BCUT2D eigenvalue weighted by Crippen LogP contribution is 2.29. The summed E-state index contributed by atoms with van der Waals surface area (Å²) in [7, 11) is 0. The number of hydrogen-bond donors (Lipinski definition) is 2. The molecule has 0 aromatic heterocycles. The van der Waals surface area contributed by atoms with Crippen LogP contribution in [-0.4, -0.2) is 25.1 Å². The highest BCUT2D eigenvalue weighted by molar-refractivity contribution is 5.95. The number of nitrogens with one attached hydrogen (secondary N) is 2. The van der Waals surface area contributed by atoms with Crippen LogP contribution in [0.4, 0.5) is 0 Å². The van der Waals surface area contributed by atoms with Gasteiger partial charge >= 0.3 is 0 Å². The van der Waals surface area contributed by atoms with Gasteiger partial charge < -0.3 is 15.4 Å². The molecule has 1 atom stereocenters. The van der Waals surface area contributed by atoms with Crippen molar-refractivity contribution in [3.8, 4) is 5.75 Å². The molecule has 1 fully saturated rings. The summed E-state index contributed by atoms with van der Waals surface area (Å²) in [6, 6.07) is 14.3. The molecule has 0 radical (unpaired) electrons. The maximum absolute atomic E-state index is 12.8. The zero-order chi connectivity index (χ0) is 18.6. The summed E-state index contributed by atoms with van der Waals surface area (Å²) < 4.78 is 5.75. The Kier molecular flexibility index (Phi) is 5.44. The third-order valence-corrected chi connectivity index (χ3v) is 5.64. The summed E-state index contributed by atoms with van der Waals surface area (Å²) >= 11 is 0. The minimum atomic E-state index is 0.0182. The molecule has 4 nitrogen and oxygen atoms in total. The maximum atomic E-state index is 12.8. The first-order chi connectivity index (χ1) is 13.2. The molecule has 1 saturated heterocycles. The Hall–Kier alpha value is -2.33. The first-order valence-corrected chi connectivity index (χ1v) is 10.0. The number of carbonyl (C=O) groups excluding carboxylic acids is 1. The molecule has 2 N–H and O–H groups in total. The second-order valence-corrected chi connectivity index (χ2v) is 7.81. The average Bonchev–Trinajstić information content (AvgIpc) is 3.06. The molecule has 0 bridgehead atoms. The lowest BCUT2D eigenvalue weighted by Gasteiger charge is -2.23. The van der Waals surface area contributed by atoms with E-state index < -0.39 is 0 Å². The van der Waals surface area contributed by atoms with Crippen LogP contribution >= 0.6 is 0 Å². The Labute approximate surface area is 161 Å². The number of fused-ring (bicyclic) bond motifs is 1. The fraction of sp³-hybridized carbons (Fsp3) is 0.435. The molecule has 0 saturated carbocycles. The Morgan fingerprint density at radius 1 is 1.19 bits per heavy atom. The standard InChI is InChI=1S/C23H28N2O2/c1-16-12-20-14-18(6-7-22(20)27-16)15-25-23(26)21-5-3-2-4-19(21)13-17-8-10-24-11-9-17/h2-7,14,16-17,24H,8-13,15H2,1H3,(H,25,26). The van der Waals surface area contributed by atoms with Gasteiger partial charge in [-0.1, -0.05) is 30.3 Å². The number of benzene rings is 2. The van der Waals surface area contributed by atoms with Crippen molar-refractivity contribution in [3.05, 3.63) is 64.7 Å². The van der Waals surface area contributed by atoms with Crippen molar-refractivity contribution in [2.24, 2.45) is 5.92 Å². The SMILES string of the molecule is CC1Cc2cc(CNC(=O)c3ccccc3CC3CCNCC3)ccc2O1. The molecule has 4 rings (SSSR count). The van der Waals surface area contributed by atoms with Crippen LogP contribution in [0, 0.1) is 5.92 Å². The van der Waals surface area contributed by atoms with Gasteiger partial charge in [-0.25, -0.2) is 0 Å². The predicted octanol–water partition coefficient (Wildman–Crippen LogP) is 3.48. The van der Waals surface area contributed by atoms with Crippen molar-refractivity contribution in [1.29, 1.82) is 0 Å². The van der Waals surface area contributed by atoms with E-state index in [0.717, 1.165) is 48.4 Å². The zero-order valence-corrected chi connectivity index (χ0v) is 16.0. The van der Waals surface area contributed by atoms with Gasteiger partial charge in [0, 0.05) is 18.5 Å². The van der Waals surface area contributed by atoms with Crippen LogP contribution in [0.1, 0.15) is 46.8 Å². The quantitative estimate of drug-likeness (QED) is 0.854. The Bertz CT molecular complexity index is 812. The molecule has 1 unspecified atom stereocenters. The molecule has 0 aliphatic carbocycles. The fourth-order valence-electron chi connectivity index (χ4n) is 4.18.